The molecule has 0 rings (SSSR count). The summed E-state index contributed by atoms with van der Waals surface area (Å²) in [5.41, 5.74) is 0. The Bertz CT molecular complexity index is 65.0. The number of hydrogen-bond acceptors (Lipinski definition) is 4. The van der Waals surface area contributed by atoms with Gasteiger partial charge in [0.15, 0.2) is 6.67 Å². The van der Waals surface area contributed by atoms with Crippen molar-refractivity contribution < 1.29 is 0 Å². The zero-order valence-electron chi connectivity index (χ0n) is 4.50. The molecule has 0 aliphatic rings. The number of rotatable bonds is 2. The highest BCUT2D eigenvalue weighted by Crippen LogP contribution is 1.72. The van der Waals surface area contributed by atoms with Crippen LogP contribution < -0.4 is 0 Å². The van der Waals surface area contributed by atoms with E-state index in [-0.39, 0.29) is 0 Å². The van der Waals surface area contributed by atoms with E-state index in [4.69, 9.17) is 0 Å². The monoisotopic (exact) mass is 100 g/mol. The van der Waals surface area contributed by atoms with Crippen molar-refractivity contribution in [2.45, 2.75) is 0 Å². The van der Waals surface area contributed by atoms with Gasteiger partial charge in [0.25, 0.3) is 0 Å². The summed E-state index contributed by atoms with van der Waals surface area (Å²) in [5, 5.41) is 13.9. The molecule has 0 saturated heterocycles. The Kier molecular flexibility index (Phi) is 4.61. The molecule has 7 heavy (non-hydrogen) atoms. The van der Waals surface area contributed by atoms with Crippen LogP contribution in [0.4, 0.5) is 0 Å². The van der Waals surface area contributed by atoms with Crippen LogP contribution in [0.15, 0.2) is 20.5 Å². The van der Waals surface area contributed by atoms with Gasteiger partial charge in [-0.1, -0.05) is 0 Å². The van der Waals surface area contributed by atoms with Crippen molar-refractivity contribution in [3.63, 3.8) is 0 Å². The summed E-state index contributed by atoms with van der Waals surface area (Å²) in [7, 11) is 3.20. The fraction of sp³-hybridized carbons (Fsp3) is 1.00. The van der Waals surface area contributed by atoms with Crippen LogP contribution in [-0.2, 0) is 0 Å². The fourth-order valence-corrected chi connectivity index (χ4v) is 0.155. The van der Waals surface area contributed by atoms with E-state index in [1.807, 2.05) is 0 Å². The minimum absolute atomic E-state index is 0.354. The van der Waals surface area contributed by atoms with Gasteiger partial charge < -0.3 is 0 Å². The maximum atomic E-state index is 3.53. The molecule has 0 aromatic heterocycles. The first-order chi connectivity index (χ1) is 3.41. The quantitative estimate of drug-likeness (QED) is 0.467. The molecule has 4 heteroatoms. The highest BCUT2D eigenvalue weighted by Gasteiger charge is 1.63. The van der Waals surface area contributed by atoms with Gasteiger partial charge in [-0.3, -0.25) is 0 Å². The third kappa shape index (κ3) is 5.20. The van der Waals surface area contributed by atoms with Crippen LogP contribution in [0.5, 0.6) is 0 Å². The topological polar surface area (TPSA) is 49.4 Å². The van der Waals surface area contributed by atoms with Crippen LogP contribution in [0.3, 0.4) is 0 Å². The third-order valence-corrected chi connectivity index (χ3v) is 0.409. The smallest absolute Gasteiger partial charge is 0.170 e. The van der Waals surface area contributed by atoms with E-state index in [9.17, 15) is 0 Å². The average Bonchev–Trinajstić information content (AvgIpc) is 1.69. The van der Waals surface area contributed by atoms with Gasteiger partial charge in [-0.05, 0) is 0 Å². The summed E-state index contributed by atoms with van der Waals surface area (Å²) in [6.07, 6.45) is 0. The van der Waals surface area contributed by atoms with Crippen molar-refractivity contribution in [2.24, 2.45) is 20.5 Å². The first-order valence-electron chi connectivity index (χ1n) is 1.93. The lowest BCUT2D eigenvalue weighted by molar-refractivity contribution is 0.875. The Balaban J connectivity index is 2.98. The minimum Gasteiger partial charge on any atom is -0.196 e. The lowest BCUT2D eigenvalue weighted by Gasteiger charge is -1.73. The highest BCUT2D eigenvalue weighted by molar-refractivity contribution is 4.23. The zero-order valence-corrected chi connectivity index (χ0v) is 4.50. The maximum Gasteiger partial charge on any atom is 0.170 e. The van der Waals surface area contributed by atoms with Crippen LogP contribution in [0, 0.1) is 0 Å². The molecule has 0 bridgehead atoms. The average molecular weight is 100 g/mol. The van der Waals surface area contributed by atoms with E-state index in [1.165, 1.54) is 0 Å². The second-order valence-corrected chi connectivity index (χ2v) is 0.824. The van der Waals surface area contributed by atoms with Gasteiger partial charge in [-0.2, -0.15) is 20.5 Å². The summed E-state index contributed by atoms with van der Waals surface area (Å²) in [5.74, 6) is 0. The molecule has 0 aliphatic carbocycles. The molecule has 0 atom stereocenters. The molecule has 0 aromatic carbocycles. The first-order valence-corrected chi connectivity index (χ1v) is 1.93. The number of nitrogens with zero attached hydrogens (tertiary/aromatic N) is 4. The second-order valence-electron chi connectivity index (χ2n) is 0.824. The molecule has 0 fully saturated rings. The number of hydrogen-bond donors (Lipinski definition) is 0. The van der Waals surface area contributed by atoms with E-state index in [0.717, 1.165) is 0 Å². The molecule has 0 spiro atoms. The third-order valence-electron chi connectivity index (χ3n) is 0.409. The van der Waals surface area contributed by atoms with Crippen LogP contribution in [-0.4, -0.2) is 20.8 Å². The van der Waals surface area contributed by atoms with Gasteiger partial charge >= 0.3 is 0 Å². The minimum atomic E-state index is 0.354. The largest absolute Gasteiger partial charge is 0.196 e. The Morgan fingerprint density at radius 1 is 1.00 bits per heavy atom. The van der Waals surface area contributed by atoms with Crippen molar-refractivity contribution in [3.8, 4) is 0 Å². The Hall–Kier alpha value is -0.800. The van der Waals surface area contributed by atoms with Crippen LogP contribution in [0.25, 0.3) is 0 Å². The molecule has 0 heterocycles. The molecular weight excluding hydrogens is 92.1 g/mol. The molecule has 4 nitrogen and oxygen atoms in total. The zero-order chi connectivity index (χ0) is 5.54. The Morgan fingerprint density at radius 2 is 1.43 bits per heavy atom. The van der Waals surface area contributed by atoms with Crippen molar-refractivity contribution in [2.75, 3.05) is 20.8 Å². The Labute approximate surface area is 42.4 Å². The Morgan fingerprint density at radius 3 is 1.71 bits per heavy atom. The molecule has 0 unspecified atom stereocenters. The van der Waals surface area contributed by atoms with E-state index < -0.39 is 0 Å². The molecular formula is C3H8N4. The van der Waals surface area contributed by atoms with E-state index in [1.54, 1.807) is 14.1 Å². The van der Waals surface area contributed by atoms with E-state index in [2.05, 4.69) is 20.5 Å². The molecule has 0 saturated carbocycles. The van der Waals surface area contributed by atoms with Crippen molar-refractivity contribution >= 4 is 0 Å². The van der Waals surface area contributed by atoms with Gasteiger partial charge in [0, 0.05) is 14.1 Å². The van der Waals surface area contributed by atoms with Crippen molar-refractivity contribution in [1.29, 1.82) is 0 Å². The normalized spacial score (nSPS) is 11.7. The molecule has 0 aliphatic heterocycles. The summed E-state index contributed by atoms with van der Waals surface area (Å²) in [6.45, 7) is 0.354. The predicted molar refractivity (Wildman–Crippen MR) is 26.4 cm³/mol. The molecule has 0 aromatic rings. The van der Waals surface area contributed by atoms with Gasteiger partial charge in [0.05, 0.1) is 0 Å². The molecule has 0 radical (unpaired) electrons. The van der Waals surface area contributed by atoms with Crippen molar-refractivity contribution in [1.82, 2.24) is 0 Å². The highest BCUT2D eigenvalue weighted by atomic mass is 15.2. The number of azo groups is 2. The van der Waals surface area contributed by atoms with Gasteiger partial charge in [-0.15, -0.1) is 0 Å². The summed E-state index contributed by atoms with van der Waals surface area (Å²) in [4.78, 5) is 0. The molecule has 40 valence electrons. The first kappa shape index (κ1) is 6.20. The predicted octanol–water partition coefficient (Wildman–Crippen LogP) is 1.11. The van der Waals surface area contributed by atoms with Crippen LogP contribution in [0.2, 0.25) is 0 Å². The molecule has 0 amide bonds. The van der Waals surface area contributed by atoms with Gasteiger partial charge in [0.2, 0.25) is 0 Å². The van der Waals surface area contributed by atoms with E-state index in [0.29, 0.717) is 6.67 Å². The standard InChI is InChI=1S/C3H8N4/c1-4-6-3-7-5-2/h3H2,1-2H3. The maximum absolute atomic E-state index is 3.53. The van der Waals surface area contributed by atoms with Crippen LogP contribution in [0.1, 0.15) is 0 Å². The lowest BCUT2D eigenvalue weighted by Crippen LogP contribution is -1.64. The fourth-order valence-electron chi connectivity index (χ4n) is 0.155. The summed E-state index contributed by atoms with van der Waals surface area (Å²) < 4.78 is 0. The van der Waals surface area contributed by atoms with Crippen molar-refractivity contribution in [3.05, 3.63) is 0 Å². The SMILES string of the molecule is CN=NCN=NC. The molecule has 0 N–H and O–H groups in total. The summed E-state index contributed by atoms with van der Waals surface area (Å²) in [6, 6.07) is 0. The van der Waals surface area contributed by atoms with Gasteiger partial charge in [-0.25, -0.2) is 0 Å². The van der Waals surface area contributed by atoms with Gasteiger partial charge in [0.1, 0.15) is 0 Å². The van der Waals surface area contributed by atoms with E-state index >= 15 is 0 Å². The lowest BCUT2D eigenvalue weighted by atomic mass is 11.2. The second kappa shape index (κ2) is 5.20. The van der Waals surface area contributed by atoms with Crippen LogP contribution >= 0.6 is 0 Å². The summed E-state index contributed by atoms with van der Waals surface area (Å²) >= 11 is 0.